The summed E-state index contributed by atoms with van der Waals surface area (Å²) in [5.41, 5.74) is 1.10. The Kier molecular flexibility index (Phi) is 6.29. The first-order valence-corrected chi connectivity index (χ1v) is 8.13. The van der Waals surface area contributed by atoms with Crippen LogP contribution in [0.15, 0.2) is 24.5 Å². The fourth-order valence-corrected chi connectivity index (χ4v) is 2.60. The molecule has 1 aromatic heterocycles. The van der Waals surface area contributed by atoms with Crippen molar-refractivity contribution < 1.29 is 13.5 Å². The van der Waals surface area contributed by atoms with Crippen molar-refractivity contribution in [3.63, 3.8) is 0 Å². The highest BCUT2D eigenvalue weighted by Crippen LogP contribution is 2.09. The Morgan fingerprint density at radius 1 is 1.39 bits per heavy atom. The van der Waals surface area contributed by atoms with Gasteiger partial charge in [0.2, 0.25) is 0 Å². The second-order valence-electron chi connectivity index (χ2n) is 4.43. The van der Waals surface area contributed by atoms with Crippen LogP contribution in [0, 0.1) is 0 Å². The second-order valence-corrected chi connectivity index (χ2v) is 6.91. The quantitative estimate of drug-likeness (QED) is 0.779. The van der Waals surface area contributed by atoms with Gasteiger partial charge >= 0.3 is 0 Å². The summed E-state index contributed by atoms with van der Waals surface area (Å²) >= 11 is 0. The molecule has 5 heteroatoms. The fourth-order valence-electron chi connectivity index (χ4n) is 1.71. The van der Waals surface area contributed by atoms with Gasteiger partial charge in [-0.15, -0.1) is 0 Å². The Morgan fingerprint density at radius 2 is 2.17 bits per heavy atom. The van der Waals surface area contributed by atoms with Crippen molar-refractivity contribution in [3.05, 3.63) is 30.1 Å². The highest BCUT2D eigenvalue weighted by Gasteiger charge is 2.10. The van der Waals surface area contributed by atoms with Crippen molar-refractivity contribution in [1.29, 1.82) is 0 Å². The molecule has 1 aromatic rings. The molecule has 1 N–H and O–H groups in total. The van der Waals surface area contributed by atoms with E-state index in [9.17, 15) is 13.5 Å². The van der Waals surface area contributed by atoms with Crippen molar-refractivity contribution in [1.82, 2.24) is 4.98 Å². The van der Waals surface area contributed by atoms with Crippen LogP contribution in [0.2, 0.25) is 0 Å². The van der Waals surface area contributed by atoms with Gasteiger partial charge in [0.05, 0.1) is 11.9 Å². The van der Waals surface area contributed by atoms with E-state index >= 15 is 0 Å². The first-order valence-electron chi connectivity index (χ1n) is 6.31. The number of nitrogens with zero attached hydrogens (tertiary/aromatic N) is 1. The lowest BCUT2D eigenvalue weighted by Gasteiger charge is -2.10. The summed E-state index contributed by atoms with van der Waals surface area (Å²) in [6.45, 7) is 1.65. The van der Waals surface area contributed by atoms with Crippen LogP contribution in [0.1, 0.15) is 31.7 Å². The molecule has 18 heavy (non-hydrogen) atoms. The average Bonchev–Trinajstić information content (AvgIpc) is 2.37. The maximum absolute atomic E-state index is 11.3. The number of aliphatic hydroxyl groups excluding tert-OH is 1. The molecule has 4 nitrogen and oxygen atoms in total. The van der Waals surface area contributed by atoms with Gasteiger partial charge in [-0.3, -0.25) is 4.98 Å². The van der Waals surface area contributed by atoms with Gasteiger partial charge in [-0.1, -0.05) is 13.0 Å². The van der Waals surface area contributed by atoms with Crippen LogP contribution in [0.25, 0.3) is 0 Å². The maximum atomic E-state index is 11.3. The molecule has 1 heterocycles. The van der Waals surface area contributed by atoms with Gasteiger partial charge in [0, 0.05) is 18.1 Å². The molecule has 0 radical (unpaired) electrons. The van der Waals surface area contributed by atoms with Gasteiger partial charge in [-0.25, -0.2) is 8.42 Å². The van der Waals surface area contributed by atoms with E-state index < -0.39 is 15.9 Å². The lowest BCUT2D eigenvalue weighted by molar-refractivity contribution is 0.154. The molecule has 1 atom stereocenters. The van der Waals surface area contributed by atoms with Gasteiger partial charge in [0.15, 0.2) is 0 Å². The molecule has 0 aliphatic carbocycles. The molecule has 1 rings (SSSR count). The molecule has 0 aliphatic heterocycles. The van der Waals surface area contributed by atoms with E-state index in [0.29, 0.717) is 19.3 Å². The molecule has 0 fully saturated rings. The van der Waals surface area contributed by atoms with E-state index in [-0.39, 0.29) is 11.5 Å². The van der Waals surface area contributed by atoms with E-state index in [0.717, 1.165) is 12.0 Å². The Morgan fingerprint density at radius 3 is 2.78 bits per heavy atom. The van der Waals surface area contributed by atoms with Crippen molar-refractivity contribution in [2.24, 2.45) is 0 Å². The third-order valence-corrected chi connectivity index (χ3v) is 4.71. The minimum absolute atomic E-state index is 0.174. The molecule has 0 amide bonds. The molecule has 0 bridgehead atoms. The van der Waals surface area contributed by atoms with Gasteiger partial charge in [0.25, 0.3) is 0 Å². The predicted molar refractivity (Wildman–Crippen MR) is 72.1 cm³/mol. The summed E-state index contributed by atoms with van der Waals surface area (Å²) < 4.78 is 22.5. The summed E-state index contributed by atoms with van der Waals surface area (Å²) in [7, 11) is -2.90. The first-order chi connectivity index (χ1) is 8.53. The molecule has 0 saturated carbocycles. The number of sulfone groups is 1. The molecular formula is C13H21NO3S. The minimum Gasteiger partial charge on any atom is -0.393 e. The standard InChI is InChI=1S/C13H21NO3S/c1-2-18(16,17)10-4-6-13(15)8-7-12-5-3-9-14-11-12/h3,5,9,11,13,15H,2,4,6-8,10H2,1H3. The van der Waals surface area contributed by atoms with Crippen molar-refractivity contribution in [2.75, 3.05) is 11.5 Å². The Hall–Kier alpha value is -0.940. The van der Waals surface area contributed by atoms with Crippen LogP contribution in [0.4, 0.5) is 0 Å². The summed E-state index contributed by atoms with van der Waals surface area (Å²) in [5.74, 6) is 0.353. The third kappa shape index (κ3) is 6.12. The topological polar surface area (TPSA) is 67.3 Å². The molecule has 1 unspecified atom stereocenters. The molecule has 0 saturated heterocycles. The van der Waals surface area contributed by atoms with Crippen molar-refractivity contribution in [2.45, 2.75) is 38.7 Å². The Labute approximate surface area is 109 Å². The van der Waals surface area contributed by atoms with Gasteiger partial charge < -0.3 is 5.11 Å². The number of rotatable bonds is 8. The van der Waals surface area contributed by atoms with Gasteiger partial charge in [-0.05, 0) is 37.3 Å². The predicted octanol–water partition coefficient (Wildman–Crippen LogP) is 1.59. The molecule has 102 valence electrons. The SMILES string of the molecule is CCS(=O)(=O)CCCC(O)CCc1cccnc1. The first kappa shape index (κ1) is 15.1. The lowest BCUT2D eigenvalue weighted by atomic mass is 10.1. The zero-order valence-electron chi connectivity index (χ0n) is 10.7. The maximum Gasteiger partial charge on any atom is 0.150 e. The second kappa shape index (κ2) is 7.48. The zero-order chi connectivity index (χ0) is 13.4. The van der Waals surface area contributed by atoms with Crippen LogP contribution in [0.5, 0.6) is 0 Å². The molecule has 0 aliphatic rings. The molecular weight excluding hydrogens is 250 g/mol. The van der Waals surface area contributed by atoms with Gasteiger partial charge in [0.1, 0.15) is 9.84 Å². The highest BCUT2D eigenvalue weighted by molar-refractivity contribution is 7.91. The van der Waals surface area contributed by atoms with E-state index in [1.54, 1.807) is 19.3 Å². The van der Waals surface area contributed by atoms with E-state index in [4.69, 9.17) is 0 Å². The number of aromatic nitrogens is 1. The number of pyridine rings is 1. The zero-order valence-corrected chi connectivity index (χ0v) is 11.6. The number of aryl methyl sites for hydroxylation is 1. The summed E-state index contributed by atoms with van der Waals surface area (Å²) in [5, 5.41) is 9.76. The average molecular weight is 271 g/mol. The van der Waals surface area contributed by atoms with Crippen LogP contribution >= 0.6 is 0 Å². The highest BCUT2D eigenvalue weighted by atomic mass is 32.2. The van der Waals surface area contributed by atoms with E-state index in [2.05, 4.69) is 4.98 Å². The number of hydrogen-bond donors (Lipinski definition) is 1. The number of hydrogen-bond acceptors (Lipinski definition) is 4. The third-order valence-electron chi connectivity index (χ3n) is 2.92. The summed E-state index contributed by atoms with van der Waals surface area (Å²) in [6.07, 6.45) is 5.57. The van der Waals surface area contributed by atoms with Gasteiger partial charge in [-0.2, -0.15) is 0 Å². The lowest BCUT2D eigenvalue weighted by Crippen LogP contribution is -2.13. The van der Waals surface area contributed by atoms with Crippen LogP contribution in [-0.2, 0) is 16.3 Å². The van der Waals surface area contributed by atoms with Crippen LogP contribution < -0.4 is 0 Å². The van der Waals surface area contributed by atoms with Crippen LogP contribution in [0.3, 0.4) is 0 Å². The molecule has 0 spiro atoms. The van der Waals surface area contributed by atoms with Crippen molar-refractivity contribution >= 4 is 9.84 Å². The number of aliphatic hydroxyl groups is 1. The Bertz CT molecular complexity index is 431. The molecule has 0 aromatic carbocycles. The largest absolute Gasteiger partial charge is 0.393 e. The van der Waals surface area contributed by atoms with E-state index in [1.165, 1.54) is 0 Å². The monoisotopic (exact) mass is 271 g/mol. The van der Waals surface area contributed by atoms with Crippen LogP contribution in [-0.4, -0.2) is 36.1 Å². The smallest absolute Gasteiger partial charge is 0.150 e. The van der Waals surface area contributed by atoms with E-state index in [1.807, 2.05) is 12.1 Å². The summed E-state index contributed by atoms with van der Waals surface area (Å²) in [4.78, 5) is 4.01. The Balaban J connectivity index is 2.20. The minimum atomic E-state index is -2.90. The van der Waals surface area contributed by atoms with Crippen molar-refractivity contribution in [3.8, 4) is 0 Å². The summed E-state index contributed by atoms with van der Waals surface area (Å²) in [6, 6.07) is 3.84. The normalized spacial score (nSPS) is 13.4. The fraction of sp³-hybridized carbons (Fsp3) is 0.615.